The zero-order valence-corrected chi connectivity index (χ0v) is 11.9. The second-order valence-electron chi connectivity index (χ2n) is 4.32. The first kappa shape index (κ1) is 14.2. The normalized spacial score (nSPS) is 12.5. The molecular formula is C13H22N2OS. The second-order valence-corrected chi connectivity index (χ2v) is 5.78. The molecule has 0 aliphatic carbocycles. The maximum atomic E-state index is 11.0. The van der Waals surface area contributed by atoms with Crippen molar-refractivity contribution in [2.45, 2.75) is 39.7 Å². The fraction of sp³-hybridized carbons (Fsp3) is 0.615. The van der Waals surface area contributed by atoms with E-state index in [-0.39, 0.29) is 5.91 Å². The molecule has 1 amide bonds. The Hall–Kier alpha value is -0.870. The summed E-state index contributed by atoms with van der Waals surface area (Å²) in [5.41, 5.74) is 1.38. The van der Waals surface area contributed by atoms with E-state index in [1.165, 1.54) is 15.3 Å². The van der Waals surface area contributed by atoms with Crippen molar-refractivity contribution in [2.24, 2.45) is 0 Å². The Morgan fingerprint density at radius 2 is 2.18 bits per heavy atom. The number of hydrogen-bond donors (Lipinski definition) is 2. The molecule has 0 aliphatic rings. The van der Waals surface area contributed by atoms with Crippen LogP contribution in [0.15, 0.2) is 6.07 Å². The van der Waals surface area contributed by atoms with Crippen LogP contribution in [-0.2, 0) is 4.79 Å². The Morgan fingerprint density at radius 3 is 2.71 bits per heavy atom. The molecule has 3 nitrogen and oxygen atoms in total. The summed E-state index contributed by atoms with van der Waals surface area (Å²) in [5, 5.41) is 6.09. The molecule has 96 valence electrons. The maximum absolute atomic E-state index is 11.0. The molecule has 17 heavy (non-hydrogen) atoms. The lowest BCUT2D eigenvalue weighted by atomic mass is 10.1. The van der Waals surface area contributed by atoms with E-state index >= 15 is 0 Å². The molecule has 1 unspecified atom stereocenters. The summed E-state index contributed by atoms with van der Waals surface area (Å²) in [6.07, 6.45) is 1.48. The molecular weight excluding hydrogens is 232 g/mol. The Bertz CT molecular complexity index is 373. The van der Waals surface area contributed by atoms with E-state index in [1.807, 2.05) is 11.3 Å². The quantitative estimate of drug-likeness (QED) is 0.766. The van der Waals surface area contributed by atoms with Crippen LogP contribution in [-0.4, -0.2) is 19.5 Å². The van der Waals surface area contributed by atoms with Gasteiger partial charge in [0.2, 0.25) is 5.91 Å². The summed E-state index contributed by atoms with van der Waals surface area (Å²) < 4.78 is 0. The molecule has 1 aromatic rings. The van der Waals surface area contributed by atoms with Gasteiger partial charge < -0.3 is 10.6 Å². The van der Waals surface area contributed by atoms with Gasteiger partial charge in [-0.2, -0.15) is 0 Å². The number of thiophene rings is 1. The average Bonchev–Trinajstić information content (AvgIpc) is 2.63. The van der Waals surface area contributed by atoms with Crippen molar-refractivity contribution in [2.75, 3.05) is 13.6 Å². The zero-order valence-electron chi connectivity index (χ0n) is 11.1. The number of aryl methyl sites for hydroxylation is 2. The van der Waals surface area contributed by atoms with Gasteiger partial charge in [0.05, 0.1) is 0 Å². The van der Waals surface area contributed by atoms with Crippen molar-refractivity contribution < 1.29 is 4.79 Å². The predicted molar refractivity (Wildman–Crippen MR) is 73.5 cm³/mol. The first-order chi connectivity index (χ1) is 8.04. The highest BCUT2D eigenvalue weighted by Gasteiger charge is 2.10. The van der Waals surface area contributed by atoms with Crippen LogP contribution in [0.25, 0.3) is 0 Å². The first-order valence-electron chi connectivity index (χ1n) is 6.05. The van der Waals surface area contributed by atoms with Crippen molar-refractivity contribution in [3.05, 3.63) is 21.4 Å². The van der Waals surface area contributed by atoms with E-state index in [2.05, 4.69) is 37.5 Å². The van der Waals surface area contributed by atoms with Gasteiger partial charge in [-0.25, -0.2) is 0 Å². The minimum Gasteiger partial charge on any atom is -0.359 e. The third kappa shape index (κ3) is 4.48. The SMILES string of the molecule is CNC(=O)CCCNC(C)c1cc(C)sc1C. The van der Waals surface area contributed by atoms with Gasteiger partial charge in [-0.05, 0) is 45.4 Å². The van der Waals surface area contributed by atoms with Gasteiger partial charge in [0, 0.05) is 29.3 Å². The van der Waals surface area contributed by atoms with Crippen LogP contribution in [0.1, 0.15) is 41.1 Å². The molecule has 4 heteroatoms. The molecule has 0 aromatic carbocycles. The van der Waals surface area contributed by atoms with Crippen molar-refractivity contribution in [1.29, 1.82) is 0 Å². The Balaban J connectivity index is 2.32. The molecule has 0 saturated carbocycles. The van der Waals surface area contributed by atoms with Crippen LogP contribution in [0, 0.1) is 13.8 Å². The lowest BCUT2D eigenvalue weighted by molar-refractivity contribution is -0.120. The van der Waals surface area contributed by atoms with Crippen LogP contribution in [0.5, 0.6) is 0 Å². The van der Waals surface area contributed by atoms with E-state index in [9.17, 15) is 4.79 Å². The molecule has 1 aromatic heterocycles. The molecule has 1 atom stereocenters. The van der Waals surface area contributed by atoms with Crippen LogP contribution >= 0.6 is 11.3 Å². The standard InChI is InChI=1S/C13H22N2OS/c1-9-8-12(11(3)17-9)10(2)15-7-5-6-13(16)14-4/h8,10,15H,5-7H2,1-4H3,(H,14,16). The Kier molecular flexibility index (Phi) is 5.65. The van der Waals surface area contributed by atoms with Crippen LogP contribution < -0.4 is 10.6 Å². The minimum absolute atomic E-state index is 0.113. The topological polar surface area (TPSA) is 41.1 Å². The lowest BCUT2D eigenvalue weighted by Crippen LogP contribution is -2.23. The summed E-state index contributed by atoms with van der Waals surface area (Å²) in [6, 6.07) is 2.61. The molecule has 0 radical (unpaired) electrons. The summed E-state index contributed by atoms with van der Waals surface area (Å²) in [4.78, 5) is 13.8. The number of amides is 1. The van der Waals surface area contributed by atoms with Crippen LogP contribution in [0.3, 0.4) is 0 Å². The van der Waals surface area contributed by atoms with Crippen LogP contribution in [0.4, 0.5) is 0 Å². The molecule has 0 fully saturated rings. The zero-order chi connectivity index (χ0) is 12.8. The summed E-state index contributed by atoms with van der Waals surface area (Å²) >= 11 is 1.84. The molecule has 1 heterocycles. The van der Waals surface area contributed by atoms with Crippen molar-refractivity contribution >= 4 is 17.2 Å². The van der Waals surface area contributed by atoms with E-state index < -0.39 is 0 Å². The second kappa shape index (κ2) is 6.77. The predicted octanol–water partition coefficient (Wildman–Crippen LogP) is 2.54. The van der Waals surface area contributed by atoms with Gasteiger partial charge in [0.1, 0.15) is 0 Å². The maximum Gasteiger partial charge on any atom is 0.219 e. The highest BCUT2D eigenvalue weighted by Crippen LogP contribution is 2.25. The smallest absolute Gasteiger partial charge is 0.219 e. The summed E-state index contributed by atoms with van der Waals surface area (Å²) in [5.74, 6) is 0.113. The van der Waals surface area contributed by atoms with Gasteiger partial charge >= 0.3 is 0 Å². The first-order valence-corrected chi connectivity index (χ1v) is 6.87. The lowest BCUT2D eigenvalue weighted by Gasteiger charge is -2.13. The van der Waals surface area contributed by atoms with E-state index in [4.69, 9.17) is 0 Å². The fourth-order valence-corrected chi connectivity index (χ4v) is 2.91. The summed E-state index contributed by atoms with van der Waals surface area (Å²) in [6.45, 7) is 7.35. The number of hydrogen-bond acceptors (Lipinski definition) is 3. The number of rotatable bonds is 6. The summed E-state index contributed by atoms with van der Waals surface area (Å²) in [7, 11) is 1.68. The van der Waals surface area contributed by atoms with Crippen molar-refractivity contribution in [1.82, 2.24) is 10.6 Å². The van der Waals surface area contributed by atoms with Crippen molar-refractivity contribution in [3.63, 3.8) is 0 Å². The number of nitrogens with one attached hydrogen (secondary N) is 2. The van der Waals surface area contributed by atoms with E-state index in [0.29, 0.717) is 12.5 Å². The van der Waals surface area contributed by atoms with Crippen molar-refractivity contribution in [3.8, 4) is 0 Å². The highest BCUT2D eigenvalue weighted by atomic mass is 32.1. The largest absolute Gasteiger partial charge is 0.359 e. The minimum atomic E-state index is 0.113. The van der Waals surface area contributed by atoms with Gasteiger partial charge in [-0.15, -0.1) is 11.3 Å². The number of carbonyl (C=O) groups excluding carboxylic acids is 1. The van der Waals surface area contributed by atoms with E-state index in [1.54, 1.807) is 7.05 Å². The highest BCUT2D eigenvalue weighted by molar-refractivity contribution is 7.12. The van der Waals surface area contributed by atoms with Gasteiger partial charge in [-0.3, -0.25) is 4.79 Å². The van der Waals surface area contributed by atoms with Gasteiger partial charge in [0.15, 0.2) is 0 Å². The monoisotopic (exact) mass is 254 g/mol. The van der Waals surface area contributed by atoms with Gasteiger partial charge in [0.25, 0.3) is 0 Å². The molecule has 2 N–H and O–H groups in total. The molecule has 0 bridgehead atoms. The Labute approximate surface area is 108 Å². The molecule has 0 saturated heterocycles. The fourth-order valence-electron chi connectivity index (χ4n) is 1.88. The average molecular weight is 254 g/mol. The molecule has 1 rings (SSSR count). The number of carbonyl (C=O) groups is 1. The van der Waals surface area contributed by atoms with Crippen LogP contribution in [0.2, 0.25) is 0 Å². The van der Waals surface area contributed by atoms with E-state index in [0.717, 1.165) is 13.0 Å². The van der Waals surface area contributed by atoms with Gasteiger partial charge in [-0.1, -0.05) is 0 Å². The molecule has 0 spiro atoms. The third-order valence-corrected chi connectivity index (χ3v) is 3.84. The molecule has 0 aliphatic heterocycles. The third-order valence-electron chi connectivity index (χ3n) is 2.86. The Morgan fingerprint density at radius 1 is 1.47 bits per heavy atom.